The summed E-state index contributed by atoms with van der Waals surface area (Å²) in [7, 11) is 0. The van der Waals surface area contributed by atoms with Gasteiger partial charge >= 0.3 is 0 Å². The number of hydrogen-bond donors (Lipinski definition) is 1. The van der Waals surface area contributed by atoms with E-state index in [1.807, 2.05) is 12.1 Å². The molecular formula is C15H25BrN2O. The van der Waals surface area contributed by atoms with Gasteiger partial charge in [-0.2, -0.15) is 0 Å². The van der Waals surface area contributed by atoms with Crippen molar-refractivity contribution >= 4 is 15.9 Å². The molecule has 1 fully saturated rings. The summed E-state index contributed by atoms with van der Waals surface area (Å²) in [5, 5.41) is 3.52. The maximum atomic E-state index is 5.55. The fraction of sp³-hybridized carbons (Fsp3) is 0.733. The molecule has 19 heavy (non-hydrogen) atoms. The van der Waals surface area contributed by atoms with Crippen molar-refractivity contribution in [3.8, 4) is 0 Å². The molecule has 0 saturated carbocycles. The Balaban J connectivity index is 1.59. The minimum atomic E-state index is 0.285. The zero-order valence-corrected chi connectivity index (χ0v) is 13.6. The highest BCUT2D eigenvalue weighted by molar-refractivity contribution is 9.10. The van der Waals surface area contributed by atoms with Gasteiger partial charge in [0.05, 0.1) is 6.04 Å². The zero-order valence-electron chi connectivity index (χ0n) is 12.0. The minimum Gasteiger partial charge on any atom is -0.453 e. The van der Waals surface area contributed by atoms with E-state index in [1.165, 1.54) is 38.9 Å². The van der Waals surface area contributed by atoms with Crippen molar-refractivity contribution in [2.24, 2.45) is 5.92 Å². The van der Waals surface area contributed by atoms with E-state index in [9.17, 15) is 0 Å². The van der Waals surface area contributed by atoms with Crippen molar-refractivity contribution < 1.29 is 4.42 Å². The number of piperidine rings is 1. The van der Waals surface area contributed by atoms with Gasteiger partial charge in [0, 0.05) is 0 Å². The third kappa shape index (κ3) is 4.93. The number of rotatable bonds is 6. The van der Waals surface area contributed by atoms with Gasteiger partial charge in [-0.3, -0.25) is 0 Å². The maximum Gasteiger partial charge on any atom is 0.169 e. The summed E-state index contributed by atoms with van der Waals surface area (Å²) in [5.74, 6) is 1.92. The van der Waals surface area contributed by atoms with Crippen LogP contribution in [0.1, 0.15) is 44.9 Å². The van der Waals surface area contributed by atoms with Crippen molar-refractivity contribution in [3.05, 3.63) is 22.6 Å². The summed E-state index contributed by atoms with van der Waals surface area (Å²) in [5.41, 5.74) is 0. The molecule has 0 amide bonds. The lowest BCUT2D eigenvalue weighted by molar-refractivity contribution is 0.189. The van der Waals surface area contributed by atoms with Crippen molar-refractivity contribution in [1.82, 2.24) is 10.2 Å². The van der Waals surface area contributed by atoms with Crippen LogP contribution in [0.3, 0.4) is 0 Å². The third-order valence-corrected chi connectivity index (χ3v) is 4.42. The van der Waals surface area contributed by atoms with Crippen molar-refractivity contribution in [2.75, 3.05) is 26.2 Å². The van der Waals surface area contributed by atoms with Crippen LogP contribution in [0.4, 0.5) is 0 Å². The van der Waals surface area contributed by atoms with Gasteiger partial charge < -0.3 is 14.6 Å². The first-order valence-corrected chi connectivity index (χ1v) is 8.15. The van der Waals surface area contributed by atoms with Crippen molar-refractivity contribution in [2.45, 2.75) is 39.2 Å². The van der Waals surface area contributed by atoms with Crippen LogP contribution in [0.25, 0.3) is 0 Å². The lowest BCUT2D eigenvalue weighted by Gasteiger charge is -2.30. The van der Waals surface area contributed by atoms with Crippen LogP contribution in [0.2, 0.25) is 0 Å². The molecule has 1 N–H and O–H groups in total. The highest BCUT2D eigenvalue weighted by atomic mass is 79.9. The summed E-state index contributed by atoms with van der Waals surface area (Å²) in [4.78, 5) is 2.59. The van der Waals surface area contributed by atoms with Crippen LogP contribution >= 0.6 is 15.9 Å². The summed E-state index contributed by atoms with van der Waals surface area (Å²) >= 11 is 3.34. The van der Waals surface area contributed by atoms with Crippen molar-refractivity contribution in [1.29, 1.82) is 0 Å². The predicted octanol–water partition coefficient (Wildman–Crippen LogP) is 3.81. The molecule has 0 aliphatic carbocycles. The molecule has 3 nitrogen and oxygen atoms in total. The standard InChI is InChI=1S/C15H25BrN2O/c1-12-6-10-18(11-7-12)9-3-8-17-13(2)14-4-5-15(16)19-14/h4-5,12-13,17H,3,6-11H2,1-2H3. The van der Waals surface area contributed by atoms with Crippen LogP contribution < -0.4 is 5.32 Å². The fourth-order valence-corrected chi connectivity index (χ4v) is 2.89. The summed E-state index contributed by atoms with van der Waals surface area (Å²) in [6.07, 6.45) is 3.94. The molecule has 1 aliphatic rings. The van der Waals surface area contributed by atoms with E-state index in [2.05, 4.69) is 40.0 Å². The molecule has 0 bridgehead atoms. The van der Waals surface area contributed by atoms with E-state index in [4.69, 9.17) is 4.42 Å². The molecule has 0 aromatic carbocycles. The Bertz CT molecular complexity index is 372. The lowest BCUT2D eigenvalue weighted by Crippen LogP contribution is -2.35. The van der Waals surface area contributed by atoms with E-state index in [1.54, 1.807) is 0 Å². The number of likely N-dealkylation sites (tertiary alicyclic amines) is 1. The SMILES string of the molecule is CC1CCN(CCCNC(C)c2ccc(Br)o2)CC1. The van der Waals surface area contributed by atoms with Gasteiger partial charge in [-0.05, 0) is 86.3 Å². The summed E-state index contributed by atoms with van der Waals surface area (Å²) in [6, 6.07) is 4.25. The molecule has 1 atom stereocenters. The smallest absolute Gasteiger partial charge is 0.169 e. The molecule has 0 spiro atoms. The number of nitrogens with zero attached hydrogens (tertiary/aromatic N) is 1. The largest absolute Gasteiger partial charge is 0.453 e. The first-order valence-electron chi connectivity index (χ1n) is 7.36. The molecule has 1 unspecified atom stereocenters. The van der Waals surface area contributed by atoms with Crippen LogP contribution in [-0.2, 0) is 0 Å². The Hall–Kier alpha value is -0.320. The maximum absolute atomic E-state index is 5.55. The Labute approximate surface area is 124 Å². The molecule has 2 rings (SSSR count). The second-order valence-electron chi connectivity index (χ2n) is 5.70. The number of hydrogen-bond acceptors (Lipinski definition) is 3. The average Bonchev–Trinajstić information content (AvgIpc) is 2.83. The Morgan fingerprint density at radius 2 is 2.16 bits per heavy atom. The molecule has 1 aromatic heterocycles. The van der Waals surface area contributed by atoms with E-state index in [0.29, 0.717) is 0 Å². The van der Waals surface area contributed by atoms with Gasteiger partial charge in [0.25, 0.3) is 0 Å². The average molecular weight is 329 g/mol. The van der Waals surface area contributed by atoms with Gasteiger partial charge in [0.2, 0.25) is 0 Å². The molecular weight excluding hydrogens is 304 g/mol. The Morgan fingerprint density at radius 1 is 1.42 bits per heavy atom. The molecule has 2 heterocycles. The van der Waals surface area contributed by atoms with E-state index < -0.39 is 0 Å². The Kier molecular flexibility index (Phi) is 5.92. The first-order chi connectivity index (χ1) is 9.15. The quantitative estimate of drug-likeness (QED) is 0.805. The van der Waals surface area contributed by atoms with Crippen molar-refractivity contribution in [3.63, 3.8) is 0 Å². The van der Waals surface area contributed by atoms with Gasteiger partial charge in [-0.1, -0.05) is 6.92 Å². The second-order valence-corrected chi connectivity index (χ2v) is 6.48. The molecule has 1 aromatic rings. The first kappa shape index (κ1) is 15.1. The molecule has 4 heteroatoms. The number of nitrogens with one attached hydrogen (secondary N) is 1. The zero-order chi connectivity index (χ0) is 13.7. The van der Waals surface area contributed by atoms with Gasteiger partial charge in [-0.15, -0.1) is 0 Å². The van der Waals surface area contributed by atoms with E-state index in [-0.39, 0.29) is 6.04 Å². The number of furan rings is 1. The summed E-state index contributed by atoms with van der Waals surface area (Å²) in [6.45, 7) is 9.33. The van der Waals surface area contributed by atoms with E-state index in [0.717, 1.165) is 22.9 Å². The highest BCUT2D eigenvalue weighted by Crippen LogP contribution is 2.20. The third-order valence-electron chi connectivity index (χ3n) is 4.00. The van der Waals surface area contributed by atoms with Crippen LogP contribution in [0, 0.1) is 5.92 Å². The van der Waals surface area contributed by atoms with Gasteiger partial charge in [0.15, 0.2) is 4.67 Å². The molecule has 108 valence electrons. The van der Waals surface area contributed by atoms with Crippen LogP contribution in [0.5, 0.6) is 0 Å². The van der Waals surface area contributed by atoms with Gasteiger partial charge in [-0.25, -0.2) is 0 Å². The van der Waals surface area contributed by atoms with Gasteiger partial charge in [0.1, 0.15) is 5.76 Å². The fourth-order valence-electron chi connectivity index (χ4n) is 2.57. The van der Waals surface area contributed by atoms with E-state index >= 15 is 0 Å². The normalized spacial score (nSPS) is 19.7. The highest BCUT2D eigenvalue weighted by Gasteiger charge is 2.15. The minimum absolute atomic E-state index is 0.285. The van der Waals surface area contributed by atoms with Crippen LogP contribution in [-0.4, -0.2) is 31.1 Å². The number of halogens is 1. The molecule has 0 radical (unpaired) electrons. The lowest BCUT2D eigenvalue weighted by atomic mass is 9.99. The second kappa shape index (κ2) is 7.46. The van der Waals surface area contributed by atoms with Crippen LogP contribution in [0.15, 0.2) is 21.2 Å². The monoisotopic (exact) mass is 328 g/mol. The Morgan fingerprint density at radius 3 is 2.79 bits per heavy atom. The predicted molar refractivity (Wildman–Crippen MR) is 82.3 cm³/mol. The summed E-state index contributed by atoms with van der Waals surface area (Å²) < 4.78 is 6.35. The molecule has 1 saturated heterocycles. The molecule has 1 aliphatic heterocycles. The topological polar surface area (TPSA) is 28.4 Å².